The molecule has 0 aliphatic rings. The Labute approximate surface area is 99.0 Å². The molecule has 17 heavy (non-hydrogen) atoms. The van der Waals surface area contributed by atoms with Crippen LogP contribution in [0.25, 0.3) is 0 Å². The lowest BCUT2D eigenvalue weighted by molar-refractivity contribution is 0.0240. The fourth-order valence-corrected chi connectivity index (χ4v) is 1.42. The molecule has 2 atom stereocenters. The molecule has 0 saturated carbocycles. The van der Waals surface area contributed by atoms with Crippen molar-refractivity contribution < 1.29 is 19.7 Å². The molecule has 1 heterocycles. The summed E-state index contributed by atoms with van der Waals surface area (Å²) >= 11 is 0. The van der Waals surface area contributed by atoms with E-state index in [4.69, 9.17) is 5.73 Å². The number of ether oxygens (including phenoxy) is 1. The van der Waals surface area contributed by atoms with Crippen molar-refractivity contribution in [2.45, 2.75) is 19.1 Å². The number of aliphatic hydroxyl groups is 2. The summed E-state index contributed by atoms with van der Waals surface area (Å²) in [6.07, 6.45) is -0.846. The number of carbonyl (C=O) groups is 1. The smallest absolute Gasteiger partial charge is 0.356 e. The number of nitrogens with zero attached hydrogens (tertiary/aromatic N) is 1. The minimum Gasteiger partial charge on any atom is -0.464 e. The molecule has 1 rings (SSSR count). The van der Waals surface area contributed by atoms with E-state index in [9.17, 15) is 15.0 Å². The highest BCUT2D eigenvalue weighted by atomic mass is 16.5. The Kier molecular flexibility index (Phi) is 4.56. The lowest BCUT2D eigenvalue weighted by atomic mass is 10.0. The molecule has 1 aromatic rings. The zero-order valence-electron chi connectivity index (χ0n) is 9.75. The Morgan fingerprint density at radius 1 is 1.59 bits per heavy atom. The summed E-state index contributed by atoms with van der Waals surface area (Å²) in [5, 5.41) is 19.1. The molecule has 0 amide bonds. The summed E-state index contributed by atoms with van der Waals surface area (Å²) in [6.45, 7) is 1.61. The summed E-state index contributed by atoms with van der Waals surface area (Å²) < 4.78 is 4.55. The van der Waals surface area contributed by atoms with Gasteiger partial charge in [-0.1, -0.05) is 0 Å². The molecule has 6 nitrogen and oxygen atoms in total. The summed E-state index contributed by atoms with van der Waals surface area (Å²) in [6, 6.07) is 1.57. The molecule has 1 aromatic heterocycles. The van der Waals surface area contributed by atoms with Crippen molar-refractivity contribution in [3.63, 3.8) is 0 Å². The predicted molar refractivity (Wildman–Crippen MR) is 60.3 cm³/mol. The Morgan fingerprint density at radius 2 is 2.24 bits per heavy atom. The SMILES string of the molecule is COC(=O)c1ncc(C(O)C(O)CN)cc1C. The van der Waals surface area contributed by atoms with E-state index in [2.05, 4.69) is 9.72 Å². The number of aliphatic hydroxyl groups excluding tert-OH is 2. The molecule has 94 valence electrons. The van der Waals surface area contributed by atoms with Gasteiger partial charge in [0, 0.05) is 18.3 Å². The molecule has 6 heteroatoms. The van der Waals surface area contributed by atoms with Crippen molar-refractivity contribution in [2.75, 3.05) is 13.7 Å². The van der Waals surface area contributed by atoms with Crippen molar-refractivity contribution in [2.24, 2.45) is 5.73 Å². The first-order chi connectivity index (χ1) is 8.01. The first kappa shape index (κ1) is 13.6. The van der Waals surface area contributed by atoms with Crippen molar-refractivity contribution in [1.82, 2.24) is 4.98 Å². The second kappa shape index (κ2) is 5.72. The maximum absolute atomic E-state index is 11.3. The van der Waals surface area contributed by atoms with Gasteiger partial charge in [-0.05, 0) is 18.6 Å². The van der Waals surface area contributed by atoms with E-state index in [0.29, 0.717) is 11.1 Å². The van der Waals surface area contributed by atoms with Crippen molar-refractivity contribution in [1.29, 1.82) is 0 Å². The third kappa shape index (κ3) is 3.00. The number of nitrogens with two attached hydrogens (primary N) is 1. The van der Waals surface area contributed by atoms with Gasteiger partial charge in [-0.15, -0.1) is 0 Å². The van der Waals surface area contributed by atoms with E-state index in [1.165, 1.54) is 13.3 Å². The van der Waals surface area contributed by atoms with Crippen LogP contribution < -0.4 is 5.73 Å². The minimum atomic E-state index is -1.11. The number of aromatic nitrogens is 1. The van der Waals surface area contributed by atoms with Gasteiger partial charge in [0.2, 0.25) is 0 Å². The maximum Gasteiger partial charge on any atom is 0.356 e. The highest BCUT2D eigenvalue weighted by Crippen LogP contribution is 2.18. The molecule has 0 fully saturated rings. The highest BCUT2D eigenvalue weighted by Gasteiger charge is 2.19. The Balaban J connectivity index is 3.00. The summed E-state index contributed by atoms with van der Waals surface area (Å²) in [7, 11) is 1.27. The van der Waals surface area contributed by atoms with Crippen LogP contribution in [-0.4, -0.2) is 40.9 Å². The van der Waals surface area contributed by atoms with Crippen molar-refractivity contribution >= 4 is 5.97 Å². The number of pyridine rings is 1. The molecule has 4 N–H and O–H groups in total. The highest BCUT2D eigenvalue weighted by molar-refractivity contribution is 5.88. The van der Waals surface area contributed by atoms with Gasteiger partial charge in [-0.2, -0.15) is 0 Å². The maximum atomic E-state index is 11.3. The quantitative estimate of drug-likeness (QED) is 0.614. The van der Waals surface area contributed by atoms with E-state index in [0.717, 1.165) is 0 Å². The Bertz CT molecular complexity index is 408. The third-order valence-electron chi connectivity index (χ3n) is 2.43. The van der Waals surface area contributed by atoms with Crippen LogP contribution in [0.5, 0.6) is 0 Å². The lowest BCUT2D eigenvalue weighted by Gasteiger charge is -2.16. The zero-order chi connectivity index (χ0) is 13.0. The van der Waals surface area contributed by atoms with Gasteiger partial charge >= 0.3 is 5.97 Å². The summed E-state index contributed by atoms with van der Waals surface area (Å²) in [4.78, 5) is 15.2. The summed E-state index contributed by atoms with van der Waals surface area (Å²) in [5.41, 5.74) is 6.41. The average Bonchev–Trinajstić information content (AvgIpc) is 2.35. The minimum absolute atomic E-state index is 0.0566. The standard InChI is InChI=1S/C11H16N2O4/c1-6-3-7(10(15)8(14)4-12)5-13-9(6)11(16)17-2/h3,5,8,10,14-15H,4,12H2,1-2H3. The van der Waals surface area contributed by atoms with E-state index < -0.39 is 18.2 Å². The first-order valence-corrected chi connectivity index (χ1v) is 5.12. The number of aryl methyl sites for hydroxylation is 1. The number of hydrogen-bond donors (Lipinski definition) is 3. The van der Waals surface area contributed by atoms with Crippen molar-refractivity contribution in [3.05, 3.63) is 29.1 Å². The normalized spacial score (nSPS) is 14.2. The number of esters is 1. The second-order valence-electron chi connectivity index (χ2n) is 3.67. The first-order valence-electron chi connectivity index (χ1n) is 5.12. The van der Waals surface area contributed by atoms with Gasteiger partial charge in [0.15, 0.2) is 5.69 Å². The van der Waals surface area contributed by atoms with Crippen LogP contribution >= 0.6 is 0 Å². The molecule has 0 aliphatic carbocycles. The van der Waals surface area contributed by atoms with Crippen molar-refractivity contribution in [3.8, 4) is 0 Å². The molecule has 0 saturated heterocycles. The molecule has 0 radical (unpaired) electrons. The van der Waals surface area contributed by atoms with Crippen LogP contribution in [0.15, 0.2) is 12.3 Å². The molecule has 2 unspecified atom stereocenters. The van der Waals surface area contributed by atoms with E-state index >= 15 is 0 Å². The van der Waals surface area contributed by atoms with Crippen LogP contribution in [-0.2, 0) is 4.74 Å². The Morgan fingerprint density at radius 3 is 2.71 bits per heavy atom. The fourth-order valence-electron chi connectivity index (χ4n) is 1.42. The van der Waals surface area contributed by atoms with Crippen LogP contribution in [0, 0.1) is 6.92 Å². The largest absolute Gasteiger partial charge is 0.464 e. The predicted octanol–water partition coefficient (Wildman–Crippen LogP) is -0.470. The van der Waals surface area contributed by atoms with Gasteiger partial charge in [0.25, 0.3) is 0 Å². The molecular formula is C11H16N2O4. The zero-order valence-corrected chi connectivity index (χ0v) is 9.75. The van der Waals surface area contributed by atoms with Crippen LogP contribution in [0.1, 0.15) is 27.7 Å². The fraction of sp³-hybridized carbons (Fsp3) is 0.455. The van der Waals surface area contributed by atoms with Gasteiger partial charge < -0.3 is 20.7 Å². The number of rotatable bonds is 4. The van der Waals surface area contributed by atoms with E-state index in [1.807, 2.05) is 0 Å². The second-order valence-corrected chi connectivity index (χ2v) is 3.67. The summed E-state index contributed by atoms with van der Waals surface area (Å²) in [5.74, 6) is -0.539. The molecule has 0 bridgehead atoms. The van der Waals surface area contributed by atoms with Crippen LogP contribution in [0.4, 0.5) is 0 Å². The van der Waals surface area contributed by atoms with E-state index in [1.54, 1.807) is 13.0 Å². The topological polar surface area (TPSA) is 106 Å². The molecular weight excluding hydrogens is 224 g/mol. The van der Waals surface area contributed by atoms with Crippen LogP contribution in [0.2, 0.25) is 0 Å². The third-order valence-corrected chi connectivity index (χ3v) is 2.43. The number of carbonyl (C=O) groups excluding carboxylic acids is 1. The van der Waals surface area contributed by atoms with Gasteiger partial charge in [-0.25, -0.2) is 9.78 Å². The van der Waals surface area contributed by atoms with E-state index in [-0.39, 0.29) is 12.2 Å². The molecule has 0 spiro atoms. The van der Waals surface area contributed by atoms with Crippen LogP contribution in [0.3, 0.4) is 0 Å². The van der Waals surface area contributed by atoms with Gasteiger partial charge in [0.05, 0.1) is 13.2 Å². The molecule has 0 aromatic carbocycles. The number of methoxy groups -OCH3 is 1. The average molecular weight is 240 g/mol. The Hall–Kier alpha value is -1.50. The monoisotopic (exact) mass is 240 g/mol. The lowest BCUT2D eigenvalue weighted by Crippen LogP contribution is -2.27. The van der Waals surface area contributed by atoms with Gasteiger partial charge in [0.1, 0.15) is 6.10 Å². The number of hydrogen-bond acceptors (Lipinski definition) is 6. The molecule has 0 aliphatic heterocycles. The van der Waals surface area contributed by atoms with Gasteiger partial charge in [-0.3, -0.25) is 0 Å².